The molecule has 0 saturated carbocycles. The molecule has 0 aliphatic heterocycles. The molecule has 7 heteroatoms. The molecule has 4 rings (SSSR count). The first kappa shape index (κ1) is 20.3. The number of carbonyl (C=O) groups is 1. The van der Waals surface area contributed by atoms with Gasteiger partial charge in [0.05, 0.1) is 4.92 Å². The number of amides is 1. The minimum Gasteiger partial charge on any atom is -0.436 e. The van der Waals surface area contributed by atoms with E-state index in [1.54, 1.807) is 19.1 Å². The predicted octanol–water partition coefficient (Wildman–Crippen LogP) is 6.09. The zero-order chi connectivity index (χ0) is 22.1. The van der Waals surface area contributed by atoms with Gasteiger partial charge in [-0.1, -0.05) is 19.9 Å². The smallest absolute Gasteiger partial charge is 0.272 e. The number of nitrogens with zero attached hydrogens (tertiary/aromatic N) is 2. The van der Waals surface area contributed by atoms with E-state index >= 15 is 0 Å². The highest BCUT2D eigenvalue weighted by Crippen LogP contribution is 2.28. The molecule has 31 heavy (non-hydrogen) atoms. The van der Waals surface area contributed by atoms with Crippen molar-refractivity contribution in [3.05, 3.63) is 87.5 Å². The molecule has 1 amide bonds. The maximum atomic E-state index is 12.5. The Morgan fingerprint density at radius 1 is 1.06 bits per heavy atom. The van der Waals surface area contributed by atoms with Gasteiger partial charge >= 0.3 is 0 Å². The third-order valence-electron chi connectivity index (χ3n) is 5.12. The molecule has 0 radical (unpaired) electrons. The molecule has 0 spiro atoms. The Hall–Kier alpha value is -4.00. The zero-order valence-electron chi connectivity index (χ0n) is 17.4. The number of nitro benzene ring substituents is 1. The minimum absolute atomic E-state index is 0.0141. The second-order valence-electron chi connectivity index (χ2n) is 7.69. The molecule has 0 atom stereocenters. The van der Waals surface area contributed by atoms with Crippen LogP contribution >= 0.6 is 0 Å². The number of hydrogen-bond donors (Lipinski definition) is 1. The highest BCUT2D eigenvalue weighted by atomic mass is 16.6. The van der Waals surface area contributed by atoms with E-state index in [1.807, 2.05) is 30.3 Å². The topological polar surface area (TPSA) is 98.3 Å². The summed E-state index contributed by atoms with van der Waals surface area (Å²) in [5.41, 5.74) is 4.91. The number of nitrogens with one attached hydrogen (secondary N) is 1. The number of fused-ring (bicyclic) bond motifs is 1. The molecule has 0 unspecified atom stereocenters. The lowest BCUT2D eigenvalue weighted by atomic mass is 10.0. The van der Waals surface area contributed by atoms with Gasteiger partial charge in [-0.3, -0.25) is 14.9 Å². The van der Waals surface area contributed by atoms with Gasteiger partial charge in [0.15, 0.2) is 5.58 Å². The molecular formula is C24H21N3O4. The van der Waals surface area contributed by atoms with Gasteiger partial charge in [-0.25, -0.2) is 4.98 Å². The number of rotatable bonds is 5. The van der Waals surface area contributed by atoms with Gasteiger partial charge < -0.3 is 9.73 Å². The quantitative estimate of drug-likeness (QED) is 0.314. The summed E-state index contributed by atoms with van der Waals surface area (Å²) in [5, 5.41) is 13.7. The molecule has 4 aromatic rings. The van der Waals surface area contributed by atoms with E-state index in [4.69, 9.17) is 4.42 Å². The minimum atomic E-state index is -0.467. The Balaban J connectivity index is 1.52. The standard InChI is InChI=1S/C24H21N3O4/c1-14(2)17-7-11-22-20(13-17)26-24(31-22)16-4-8-19(9-5-16)25-23(28)18-6-10-21(27(29)30)15(3)12-18/h4-14H,1-3H3,(H,25,28). The number of anilines is 1. The first-order chi connectivity index (χ1) is 14.8. The van der Waals surface area contributed by atoms with Crippen molar-refractivity contribution in [2.24, 2.45) is 0 Å². The molecule has 1 aromatic heterocycles. The molecule has 3 aromatic carbocycles. The summed E-state index contributed by atoms with van der Waals surface area (Å²) in [6.07, 6.45) is 0. The number of benzene rings is 3. The third-order valence-corrected chi connectivity index (χ3v) is 5.12. The van der Waals surface area contributed by atoms with Crippen LogP contribution in [0.3, 0.4) is 0 Å². The van der Waals surface area contributed by atoms with Crippen LogP contribution in [0.25, 0.3) is 22.6 Å². The van der Waals surface area contributed by atoms with Gasteiger partial charge in [0.2, 0.25) is 5.89 Å². The summed E-state index contributed by atoms with van der Waals surface area (Å²) in [4.78, 5) is 27.6. The molecule has 0 bridgehead atoms. The van der Waals surface area contributed by atoms with Crippen LogP contribution in [0.15, 0.2) is 65.1 Å². The van der Waals surface area contributed by atoms with E-state index in [0.29, 0.717) is 28.6 Å². The fraction of sp³-hybridized carbons (Fsp3) is 0.167. The van der Waals surface area contributed by atoms with Crippen molar-refractivity contribution in [1.29, 1.82) is 0 Å². The van der Waals surface area contributed by atoms with Gasteiger partial charge in [0.1, 0.15) is 5.52 Å². The first-order valence-electron chi connectivity index (χ1n) is 9.89. The van der Waals surface area contributed by atoms with Gasteiger partial charge in [0, 0.05) is 28.4 Å². The van der Waals surface area contributed by atoms with Crippen molar-refractivity contribution in [3.63, 3.8) is 0 Å². The van der Waals surface area contributed by atoms with E-state index in [1.165, 1.54) is 23.8 Å². The van der Waals surface area contributed by atoms with Crippen LogP contribution in [0.1, 0.15) is 41.3 Å². The normalized spacial score (nSPS) is 11.1. The second-order valence-corrected chi connectivity index (χ2v) is 7.69. The number of aryl methyl sites for hydroxylation is 1. The molecule has 1 heterocycles. The maximum absolute atomic E-state index is 12.5. The molecule has 156 valence electrons. The fourth-order valence-electron chi connectivity index (χ4n) is 3.33. The van der Waals surface area contributed by atoms with Crippen LogP contribution in [-0.2, 0) is 0 Å². The van der Waals surface area contributed by atoms with Crippen LogP contribution in [0, 0.1) is 17.0 Å². The van der Waals surface area contributed by atoms with Gasteiger partial charge in [-0.05, 0) is 66.9 Å². The van der Waals surface area contributed by atoms with Crippen LogP contribution < -0.4 is 5.32 Å². The molecular weight excluding hydrogens is 394 g/mol. The van der Waals surface area contributed by atoms with Gasteiger partial charge in [0.25, 0.3) is 11.6 Å². The summed E-state index contributed by atoms with van der Waals surface area (Å²) < 4.78 is 5.87. The lowest BCUT2D eigenvalue weighted by Gasteiger charge is -2.07. The Bertz CT molecular complexity index is 1290. The molecule has 0 saturated heterocycles. The van der Waals surface area contributed by atoms with E-state index in [2.05, 4.69) is 24.1 Å². The average Bonchev–Trinajstić information content (AvgIpc) is 3.17. The Labute approximate surface area is 178 Å². The van der Waals surface area contributed by atoms with E-state index < -0.39 is 4.92 Å². The van der Waals surface area contributed by atoms with Crippen molar-refractivity contribution in [2.45, 2.75) is 26.7 Å². The second kappa shape index (κ2) is 8.02. The number of carbonyl (C=O) groups excluding carboxylic acids is 1. The Morgan fingerprint density at radius 2 is 1.81 bits per heavy atom. The van der Waals surface area contributed by atoms with Crippen molar-refractivity contribution in [1.82, 2.24) is 4.98 Å². The number of aromatic nitrogens is 1. The molecule has 7 nitrogen and oxygen atoms in total. The Kier molecular flexibility index (Phi) is 5.25. The summed E-state index contributed by atoms with van der Waals surface area (Å²) >= 11 is 0. The van der Waals surface area contributed by atoms with Crippen molar-refractivity contribution in [3.8, 4) is 11.5 Å². The van der Waals surface area contributed by atoms with Crippen LogP contribution in [0.5, 0.6) is 0 Å². The van der Waals surface area contributed by atoms with Crippen molar-refractivity contribution in [2.75, 3.05) is 5.32 Å². The average molecular weight is 415 g/mol. The molecule has 0 aliphatic carbocycles. The molecule has 1 N–H and O–H groups in total. The van der Waals surface area contributed by atoms with Gasteiger partial charge in [-0.15, -0.1) is 0 Å². The molecule has 0 fully saturated rings. The SMILES string of the molecule is Cc1cc(C(=O)Nc2ccc(-c3nc4cc(C(C)C)ccc4o3)cc2)ccc1[N+](=O)[O-]. The van der Waals surface area contributed by atoms with E-state index in [-0.39, 0.29) is 11.6 Å². The van der Waals surface area contributed by atoms with Crippen molar-refractivity contribution >= 4 is 28.4 Å². The third kappa shape index (κ3) is 4.16. The van der Waals surface area contributed by atoms with Crippen LogP contribution in [0.4, 0.5) is 11.4 Å². The largest absolute Gasteiger partial charge is 0.436 e. The van der Waals surface area contributed by atoms with E-state index in [9.17, 15) is 14.9 Å². The molecule has 0 aliphatic rings. The maximum Gasteiger partial charge on any atom is 0.272 e. The van der Waals surface area contributed by atoms with Gasteiger partial charge in [-0.2, -0.15) is 0 Å². The number of nitro groups is 1. The highest BCUT2D eigenvalue weighted by molar-refractivity contribution is 6.04. The fourth-order valence-corrected chi connectivity index (χ4v) is 3.33. The number of hydrogen-bond acceptors (Lipinski definition) is 5. The van der Waals surface area contributed by atoms with Crippen LogP contribution in [0.2, 0.25) is 0 Å². The van der Waals surface area contributed by atoms with Crippen molar-refractivity contribution < 1.29 is 14.1 Å². The lowest BCUT2D eigenvalue weighted by molar-refractivity contribution is -0.385. The van der Waals surface area contributed by atoms with E-state index in [0.717, 1.165) is 16.7 Å². The first-order valence-corrected chi connectivity index (χ1v) is 9.89. The monoisotopic (exact) mass is 415 g/mol. The summed E-state index contributed by atoms with van der Waals surface area (Å²) in [6, 6.07) is 17.5. The summed E-state index contributed by atoms with van der Waals surface area (Å²) in [5.74, 6) is 0.584. The van der Waals surface area contributed by atoms with Crippen LogP contribution in [-0.4, -0.2) is 15.8 Å². The predicted molar refractivity (Wildman–Crippen MR) is 119 cm³/mol. The summed E-state index contributed by atoms with van der Waals surface area (Å²) in [6.45, 7) is 5.87. The number of oxazole rings is 1. The highest BCUT2D eigenvalue weighted by Gasteiger charge is 2.14. The Morgan fingerprint density at radius 3 is 2.45 bits per heavy atom. The summed E-state index contributed by atoms with van der Waals surface area (Å²) in [7, 11) is 0. The zero-order valence-corrected chi connectivity index (χ0v) is 17.4. The lowest BCUT2D eigenvalue weighted by Crippen LogP contribution is -2.12.